The van der Waals surface area contributed by atoms with Crippen molar-refractivity contribution in [1.82, 2.24) is 4.90 Å². The average molecular weight is 297 g/mol. The summed E-state index contributed by atoms with van der Waals surface area (Å²) in [5, 5.41) is 0.270. The molecular formula is C11H13N4O4S+. The number of amides is 3. The molecule has 0 radical (unpaired) electrons. The Morgan fingerprint density at radius 1 is 1.40 bits per heavy atom. The Hall–Kier alpha value is -2.03. The van der Waals surface area contributed by atoms with Crippen LogP contribution in [-0.4, -0.2) is 70.6 Å². The molecule has 8 nitrogen and oxygen atoms in total. The second kappa shape index (κ2) is 5.53. The molecule has 2 rings (SSSR count). The lowest BCUT2D eigenvalue weighted by Gasteiger charge is -2.15. The van der Waals surface area contributed by atoms with E-state index in [4.69, 9.17) is 4.74 Å². The Balaban J connectivity index is 2.17. The van der Waals surface area contributed by atoms with Crippen LogP contribution in [0.25, 0.3) is 0 Å². The van der Waals surface area contributed by atoms with E-state index in [9.17, 15) is 14.4 Å². The molecule has 20 heavy (non-hydrogen) atoms. The molecule has 0 bridgehead atoms. The van der Waals surface area contributed by atoms with Gasteiger partial charge in [0.15, 0.2) is 0 Å². The van der Waals surface area contributed by atoms with Gasteiger partial charge in [-0.05, 0) is 6.92 Å². The summed E-state index contributed by atoms with van der Waals surface area (Å²) < 4.78 is 6.04. The van der Waals surface area contributed by atoms with Gasteiger partial charge in [-0.1, -0.05) is 16.8 Å². The van der Waals surface area contributed by atoms with Gasteiger partial charge in [-0.25, -0.2) is 9.59 Å². The van der Waals surface area contributed by atoms with Crippen molar-refractivity contribution in [3.63, 3.8) is 0 Å². The molecule has 0 atom stereocenters. The highest BCUT2D eigenvalue weighted by molar-refractivity contribution is 8.14. The second-order valence-electron chi connectivity index (χ2n) is 3.98. The summed E-state index contributed by atoms with van der Waals surface area (Å²) in [6.07, 6.45) is 0. The Morgan fingerprint density at radius 2 is 2.10 bits per heavy atom. The number of rotatable bonds is 3. The normalized spacial score (nSPS) is 18.1. The first-order chi connectivity index (χ1) is 9.45. The molecule has 0 aromatic heterocycles. The van der Waals surface area contributed by atoms with Gasteiger partial charge in [0, 0.05) is 0 Å². The van der Waals surface area contributed by atoms with Crippen LogP contribution >= 0.6 is 11.8 Å². The zero-order valence-electron chi connectivity index (χ0n) is 11.2. The van der Waals surface area contributed by atoms with Gasteiger partial charge in [0.1, 0.15) is 5.75 Å². The van der Waals surface area contributed by atoms with E-state index in [0.717, 1.165) is 16.7 Å². The number of nitrogens with zero attached hydrogens (tertiary/aromatic N) is 4. The summed E-state index contributed by atoms with van der Waals surface area (Å²) >= 11 is 1.06. The van der Waals surface area contributed by atoms with Gasteiger partial charge in [-0.2, -0.15) is 14.5 Å². The van der Waals surface area contributed by atoms with Crippen LogP contribution in [0.1, 0.15) is 6.92 Å². The molecular weight excluding hydrogens is 284 g/mol. The lowest BCUT2D eigenvalue weighted by atomic mass is 10.2. The Morgan fingerprint density at radius 3 is 2.75 bits per heavy atom. The molecule has 9 heteroatoms. The topological polar surface area (TPSA) is 91.4 Å². The third-order valence-corrected chi connectivity index (χ3v) is 3.46. The zero-order valence-corrected chi connectivity index (χ0v) is 12.1. The molecule has 0 aromatic carbocycles. The van der Waals surface area contributed by atoms with Crippen LogP contribution in [-0.2, 0) is 14.3 Å². The van der Waals surface area contributed by atoms with Crippen LogP contribution < -0.4 is 0 Å². The van der Waals surface area contributed by atoms with Crippen LogP contribution in [0.15, 0.2) is 9.98 Å². The van der Waals surface area contributed by atoms with Gasteiger partial charge < -0.3 is 4.74 Å². The standard InChI is InChI=1S/C11H13N4O4S/c1-4-19-6(16)5-20-10-12-7-8(13-10)14(2)11(18)15(3)9(7)17/h4-5H2,1-3H3/q+1. The first-order valence-corrected chi connectivity index (χ1v) is 6.83. The molecule has 2 aliphatic rings. The number of thioether (sulfide) groups is 1. The van der Waals surface area contributed by atoms with Gasteiger partial charge in [-0.15, -0.1) is 0 Å². The van der Waals surface area contributed by atoms with Crippen LogP contribution in [0.3, 0.4) is 0 Å². The van der Waals surface area contributed by atoms with Crippen molar-refractivity contribution in [2.24, 2.45) is 9.98 Å². The number of carbonyl (C=O) groups excluding carboxylic acids is 3. The fourth-order valence-corrected chi connectivity index (χ4v) is 2.28. The average Bonchev–Trinajstić information content (AvgIpc) is 2.85. The number of imide groups is 1. The fraction of sp³-hybridized carbons (Fsp3) is 0.455. The van der Waals surface area contributed by atoms with E-state index in [2.05, 4.69) is 9.98 Å². The van der Waals surface area contributed by atoms with Crippen molar-refractivity contribution in [2.75, 3.05) is 26.5 Å². The number of urea groups is 1. The molecule has 3 amide bonds. The smallest absolute Gasteiger partial charge is 0.446 e. The summed E-state index contributed by atoms with van der Waals surface area (Å²) in [7, 11) is 2.89. The highest BCUT2D eigenvalue weighted by Crippen LogP contribution is 2.16. The van der Waals surface area contributed by atoms with Gasteiger partial charge in [-0.3, -0.25) is 4.79 Å². The maximum atomic E-state index is 11.9. The quantitative estimate of drug-likeness (QED) is 0.528. The largest absolute Gasteiger partial charge is 0.465 e. The van der Waals surface area contributed by atoms with Gasteiger partial charge in [0.05, 0.1) is 20.7 Å². The van der Waals surface area contributed by atoms with Crippen molar-refractivity contribution in [3.8, 4) is 0 Å². The lowest BCUT2D eigenvalue weighted by molar-refractivity contribution is -0.401. The van der Waals surface area contributed by atoms with Crippen molar-refractivity contribution < 1.29 is 23.7 Å². The van der Waals surface area contributed by atoms with Crippen molar-refractivity contribution in [2.45, 2.75) is 6.92 Å². The maximum Gasteiger partial charge on any atom is 0.446 e. The monoisotopic (exact) mass is 297 g/mol. The van der Waals surface area contributed by atoms with Gasteiger partial charge >= 0.3 is 23.7 Å². The number of ether oxygens (including phenoxy) is 1. The van der Waals surface area contributed by atoms with E-state index in [0.29, 0.717) is 6.61 Å². The van der Waals surface area contributed by atoms with Gasteiger partial charge in [0.2, 0.25) is 5.71 Å². The number of carbonyl (C=O) groups is 3. The predicted molar refractivity (Wildman–Crippen MR) is 73.3 cm³/mol. The van der Waals surface area contributed by atoms with E-state index >= 15 is 0 Å². The Labute approximate surface area is 119 Å². The molecule has 0 N–H and O–H groups in total. The minimum atomic E-state index is -0.501. The minimum absolute atomic E-state index is 0.0540. The van der Waals surface area contributed by atoms with Crippen molar-refractivity contribution in [3.05, 3.63) is 0 Å². The molecule has 2 heterocycles. The van der Waals surface area contributed by atoms with Crippen LogP contribution in [0.4, 0.5) is 4.79 Å². The molecule has 2 aliphatic heterocycles. The zero-order chi connectivity index (χ0) is 14.9. The number of hydrogen-bond acceptors (Lipinski definition) is 7. The maximum absolute atomic E-state index is 11.9. The molecule has 0 aromatic rings. The van der Waals surface area contributed by atoms with Crippen LogP contribution in [0.2, 0.25) is 0 Å². The van der Waals surface area contributed by atoms with Crippen molar-refractivity contribution in [1.29, 1.82) is 0 Å². The predicted octanol–water partition coefficient (Wildman–Crippen LogP) is -0.274. The van der Waals surface area contributed by atoms with Gasteiger partial charge in [0.25, 0.3) is 5.17 Å². The summed E-state index contributed by atoms with van der Waals surface area (Å²) in [4.78, 5) is 44.0. The molecule has 106 valence electrons. The van der Waals surface area contributed by atoms with Crippen LogP contribution in [0.5, 0.6) is 0 Å². The summed E-state index contributed by atoms with van der Waals surface area (Å²) in [6, 6.07) is -0.468. The molecule has 0 unspecified atom stereocenters. The molecule has 0 saturated carbocycles. The molecule has 0 fully saturated rings. The summed E-state index contributed by atoms with van der Waals surface area (Å²) in [6.45, 7) is 2.02. The lowest BCUT2D eigenvalue weighted by Crippen LogP contribution is -2.51. The summed E-state index contributed by atoms with van der Waals surface area (Å²) in [5.74, 6) is -0.616. The Kier molecular flexibility index (Phi) is 3.98. The number of fused-ring (bicyclic) bond motifs is 1. The van der Waals surface area contributed by atoms with E-state index in [1.54, 1.807) is 6.92 Å². The number of amidine groups is 2. The number of hydrogen-bond donors (Lipinski definition) is 0. The molecule has 0 aliphatic carbocycles. The first-order valence-electron chi connectivity index (χ1n) is 5.84. The molecule has 0 spiro atoms. The first kappa shape index (κ1) is 14.4. The van der Waals surface area contributed by atoms with Crippen LogP contribution in [0, 0.1) is 0 Å². The fourth-order valence-electron chi connectivity index (χ4n) is 1.64. The number of aliphatic imine (C=N–C) groups is 2. The van der Waals surface area contributed by atoms with E-state index < -0.39 is 11.9 Å². The number of esters is 1. The minimum Gasteiger partial charge on any atom is -0.465 e. The van der Waals surface area contributed by atoms with E-state index in [1.165, 1.54) is 18.7 Å². The second-order valence-corrected chi connectivity index (χ2v) is 4.92. The highest BCUT2D eigenvalue weighted by atomic mass is 32.2. The summed E-state index contributed by atoms with van der Waals surface area (Å²) in [5.41, 5.74) is 0.112. The third-order valence-electron chi connectivity index (χ3n) is 2.64. The van der Waals surface area contributed by atoms with Crippen molar-refractivity contribution >= 4 is 46.4 Å². The molecule has 0 saturated heterocycles. The SMILES string of the molecule is CCOC(=O)CSC1=NC2=[N+](C)C(=O)N(C)C(=O)C2=N1. The third kappa shape index (κ3) is 2.48. The highest BCUT2D eigenvalue weighted by Gasteiger charge is 2.44. The van der Waals surface area contributed by atoms with E-state index in [1.807, 2.05) is 0 Å². The van der Waals surface area contributed by atoms with E-state index in [-0.39, 0.29) is 28.4 Å². The Bertz CT molecular complexity index is 593.